The van der Waals surface area contributed by atoms with Gasteiger partial charge in [0.1, 0.15) is 0 Å². The predicted molar refractivity (Wildman–Crippen MR) is 126 cm³/mol. The SMILES string of the molecule is COc1cc2c(NCC3CC3)c3c(nc2cc1OCCCN1CCC2(COC2)C1)CCC3. The average molecular weight is 438 g/mol. The number of nitrogens with zero attached hydrogens (tertiary/aromatic N) is 2. The summed E-state index contributed by atoms with van der Waals surface area (Å²) in [7, 11) is 1.73. The summed E-state index contributed by atoms with van der Waals surface area (Å²) in [5.41, 5.74) is 5.43. The molecule has 6 nitrogen and oxygen atoms in total. The fraction of sp³-hybridized carbons (Fsp3) is 0.654. The van der Waals surface area contributed by atoms with Gasteiger partial charge in [-0.05, 0) is 69.0 Å². The molecule has 2 aliphatic heterocycles. The zero-order valence-electron chi connectivity index (χ0n) is 19.3. The minimum atomic E-state index is 0.458. The third kappa shape index (κ3) is 3.92. The lowest BCUT2D eigenvalue weighted by Gasteiger charge is -2.37. The average Bonchev–Trinajstić information content (AvgIpc) is 3.30. The number of aryl methyl sites for hydroxylation is 1. The lowest BCUT2D eigenvalue weighted by molar-refractivity contribution is -0.105. The molecule has 0 bridgehead atoms. The van der Waals surface area contributed by atoms with Crippen LogP contribution in [0.1, 0.15) is 43.4 Å². The highest BCUT2D eigenvalue weighted by atomic mass is 16.5. The van der Waals surface area contributed by atoms with Crippen molar-refractivity contribution in [3.63, 3.8) is 0 Å². The van der Waals surface area contributed by atoms with Crippen molar-refractivity contribution in [2.75, 3.05) is 58.4 Å². The maximum Gasteiger partial charge on any atom is 0.163 e. The van der Waals surface area contributed by atoms with Crippen LogP contribution >= 0.6 is 0 Å². The molecule has 1 aromatic heterocycles. The van der Waals surface area contributed by atoms with Crippen molar-refractivity contribution in [1.82, 2.24) is 9.88 Å². The van der Waals surface area contributed by atoms with Gasteiger partial charge in [0.05, 0.1) is 32.4 Å². The van der Waals surface area contributed by atoms with Gasteiger partial charge < -0.3 is 24.4 Å². The van der Waals surface area contributed by atoms with E-state index in [1.165, 1.54) is 61.1 Å². The van der Waals surface area contributed by atoms with Crippen LogP contribution in [0.5, 0.6) is 11.5 Å². The molecule has 6 heteroatoms. The van der Waals surface area contributed by atoms with Crippen LogP contribution in [0.15, 0.2) is 12.1 Å². The molecule has 1 spiro atoms. The van der Waals surface area contributed by atoms with Gasteiger partial charge >= 0.3 is 0 Å². The van der Waals surface area contributed by atoms with Crippen LogP contribution in [0.3, 0.4) is 0 Å². The second-order valence-electron chi connectivity index (χ2n) is 10.3. The molecule has 0 unspecified atom stereocenters. The number of fused-ring (bicyclic) bond motifs is 2. The van der Waals surface area contributed by atoms with Gasteiger partial charge in [0.2, 0.25) is 0 Å². The molecule has 2 aliphatic carbocycles. The van der Waals surface area contributed by atoms with Gasteiger partial charge in [-0.25, -0.2) is 0 Å². The lowest BCUT2D eigenvalue weighted by Crippen LogP contribution is -2.44. The van der Waals surface area contributed by atoms with Crippen molar-refractivity contribution in [1.29, 1.82) is 0 Å². The third-order valence-electron chi connectivity index (χ3n) is 7.77. The van der Waals surface area contributed by atoms with Crippen LogP contribution in [0, 0.1) is 11.3 Å². The van der Waals surface area contributed by atoms with Crippen molar-refractivity contribution < 1.29 is 14.2 Å². The van der Waals surface area contributed by atoms with Crippen LogP contribution in [-0.2, 0) is 17.6 Å². The van der Waals surface area contributed by atoms with Crippen molar-refractivity contribution >= 4 is 16.6 Å². The van der Waals surface area contributed by atoms with Crippen LogP contribution < -0.4 is 14.8 Å². The highest BCUT2D eigenvalue weighted by molar-refractivity contribution is 5.96. The molecule has 2 aromatic rings. The Labute approximate surface area is 190 Å². The molecular weight excluding hydrogens is 402 g/mol. The van der Waals surface area contributed by atoms with Gasteiger partial charge in [-0.1, -0.05) is 0 Å². The number of hydrogen-bond acceptors (Lipinski definition) is 6. The molecule has 172 valence electrons. The van der Waals surface area contributed by atoms with Crippen molar-refractivity contribution in [2.24, 2.45) is 11.3 Å². The minimum absolute atomic E-state index is 0.458. The Morgan fingerprint density at radius 2 is 2.12 bits per heavy atom. The minimum Gasteiger partial charge on any atom is -0.493 e. The van der Waals surface area contributed by atoms with E-state index in [-0.39, 0.29) is 0 Å². The summed E-state index contributed by atoms with van der Waals surface area (Å²) in [5, 5.41) is 4.94. The van der Waals surface area contributed by atoms with Crippen molar-refractivity contribution in [3.8, 4) is 11.5 Å². The van der Waals surface area contributed by atoms with Crippen molar-refractivity contribution in [3.05, 3.63) is 23.4 Å². The number of hydrogen-bond donors (Lipinski definition) is 1. The van der Waals surface area contributed by atoms with Crippen LogP contribution in [0.2, 0.25) is 0 Å². The second kappa shape index (κ2) is 8.38. The predicted octanol–water partition coefficient (Wildman–Crippen LogP) is 4.05. The number of pyridine rings is 1. The van der Waals surface area contributed by atoms with E-state index in [1.807, 2.05) is 0 Å². The summed E-state index contributed by atoms with van der Waals surface area (Å²) in [6.45, 7) is 7.10. The van der Waals surface area contributed by atoms with E-state index in [1.54, 1.807) is 7.11 Å². The normalized spacial score (nSPS) is 21.7. The topological polar surface area (TPSA) is 55.8 Å². The van der Waals surface area contributed by atoms with E-state index in [0.717, 1.165) is 68.5 Å². The first kappa shape index (κ1) is 20.5. The maximum absolute atomic E-state index is 6.22. The molecule has 0 radical (unpaired) electrons. The zero-order valence-corrected chi connectivity index (χ0v) is 19.3. The largest absolute Gasteiger partial charge is 0.493 e. The number of anilines is 1. The first-order valence-corrected chi connectivity index (χ1v) is 12.4. The van der Waals surface area contributed by atoms with E-state index in [0.29, 0.717) is 12.0 Å². The van der Waals surface area contributed by atoms with E-state index in [9.17, 15) is 0 Å². The monoisotopic (exact) mass is 437 g/mol. The molecule has 1 aromatic carbocycles. The second-order valence-corrected chi connectivity index (χ2v) is 10.3. The van der Waals surface area contributed by atoms with Crippen LogP contribution in [0.25, 0.3) is 10.9 Å². The Morgan fingerprint density at radius 1 is 1.22 bits per heavy atom. The van der Waals surface area contributed by atoms with Crippen LogP contribution in [0.4, 0.5) is 5.69 Å². The third-order valence-corrected chi connectivity index (χ3v) is 7.77. The Kier molecular flexibility index (Phi) is 5.38. The first-order valence-electron chi connectivity index (χ1n) is 12.4. The Morgan fingerprint density at radius 3 is 2.88 bits per heavy atom. The maximum atomic E-state index is 6.22. The van der Waals surface area contributed by atoms with E-state index < -0.39 is 0 Å². The standard InChI is InChI=1S/C26H35N3O3/c1-30-23-12-20-22(28-21-5-2-4-19(21)25(20)27-14-18-6-7-18)13-24(23)32-11-3-9-29-10-8-26(15-29)16-31-17-26/h12-13,18H,2-11,14-17H2,1H3,(H,27,28). The molecule has 1 saturated carbocycles. The Bertz CT molecular complexity index is 1000. The zero-order chi connectivity index (χ0) is 21.5. The summed E-state index contributed by atoms with van der Waals surface area (Å²) < 4.78 is 17.4. The quantitative estimate of drug-likeness (QED) is 0.598. The molecule has 0 atom stereocenters. The summed E-state index contributed by atoms with van der Waals surface area (Å²) in [5.74, 6) is 2.45. The lowest BCUT2D eigenvalue weighted by atomic mass is 9.85. The summed E-state index contributed by atoms with van der Waals surface area (Å²) in [6, 6.07) is 4.22. The number of methoxy groups -OCH3 is 1. The van der Waals surface area contributed by atoms with Gasteiger partial charge in [-0.15, -0.1) is 0 Å². The molecule has 4 aliphatic rings. The Hall–Kier alpha value is -2.05. The van der Waals surface area contributed by atoms with Gasteiger partial charge in [0, 0.05) is 47.9 Å². The first-order chi connectivity index (χ1) is 15.7. The molecule has 2 saturated heterocycles. The van der Waals surface area contributed by atoms with Gasteiger partial charge in [-0.2, -0.15) is 0 Å². The molecular formula is C26H35N3O3. The molecule has 1 N–H and O–H groups in total. The van der Waals surface area contributed by atoms with E-state index in [2.05, 4.69) is 22.3 Å². The molecule has 0 amide bonds. The number of ether oxygens (including phenoxy) is 3. The number of aromatic nitrogens is 1. The summed E-state index contributed by atoms with van der Waals surface area (Å²) in [4.78, 5) is 7.58. The Balaban J connectivity index is 1.16. The van der Waals surface area contributed by atoms with Gasteiger partial charge in [-0.3, -0.25) is 4.98 Å². The fourth-order valence-corrected chi connectivity index (χ4v) is 5.63. The fourth-order valence-electron chi connectivity index (χ4n) is 5.63. The molecule has 6 rings (SSSR count). The number of benzene rings is 1. The van der Waals surface area contributed by atoms with E-state index >= 15 is 0 Å². The number of nitrogens with one attached hydrogen (secondary N) is 1. The van der Waals surface area contributed by atoms with E-state index in [4.69, 9.17) is 19.2 Å². The molecule has 3 heterocycles. The van der Waals surface area contributed by atoms with Crippen LogP contribution in [-0.4, -0.2) is 63.0 Å². The number of rotatable bonds is 9. The smallest absolute Gasteiger partial charge is 0.163 e. The molecule has 3 fully saturated rings. The van der Waals surface area contributed by atoms with Crippen molar-refractivity contribution in [2.45, 2.75) is 44.9 Å². The summed E-state index contributed by atoms with van der Waals surface area (Å²) in [6.07, 6.45) is 8.39. The highest BCUT2D eigenvalue weighted by Crippen LogP contribution is 2.41. The number of likely N-dealkylation sites (tertiary alicyclic amines) is 1. The summed E-state index contributed by atoms with van der Waals surface area (Å²) >= 11 is 0. The van der Waals surface area contributed by atoms with Gasteiger partial charge in [0.15, 0.2) is 11.5 Å². The molecule has 32 heavy (non-hydrogen) atoms. The van der Waals surface area contributed by atoms with Gasteiger partial charge in [0.25, 0.3) is 0 Å². The highest BCUT2D eigenvalue weighted by Gasteiger charge is 2.43.